The van der Waals surface area contributed by atoms with Gasteiger partial charge < -0.3 is 20.1 Å². The minimum atomic E-state index is -0.535. The lowest BCUT2D eigenvalue weighted by Crippen LogP contribution is -2.47. The fraction of sp³-hybridized carbons (Fsp3) is 0.458. The van der Waals surface area contributed by atoms with Crippen LogP contribution in [0.2, 0.25) is 0 Å². The van der Waals surface area contributed by atoms with E-state index in [1.165, 1.54) is 5.56 Å². The Balaban J connectivity index is 1.42. The Hall–Kier alpha value is -3.09. The number of para-hydroxylation sites is 1. The molecule has 0 bridgehead atoms. The smallest absolute Gasteiger partial charge is 0.312 e. The Morgan fingerprint density at radius 2 is 1.81 bits per heavy atom. The van der Waals surface area contributed by atoms with E-state index in [2.05, 4.69) is 11.1 Å². The summed E-state index contributed by atoms with van der Waals surface area (Å²) < 4.78 is 11.5. The largest absolute Gasteiger partial charge is 0.490 e. The number of pyridine rings is 1. The number of likely N-dealkylation sites (tertiary alicyclic amines) is 1. The van der Waals surface area contributed by atoms with Gasteiger partial charge in [-0.3, -0.25) is 9.59 Å². The van der Waals surface area contributed by atoms with Gasteiger partial charge in [-0.15, -0.1) is 0 Å². The second-order valence-corrected chi connectivity index (χ2v) is 8.34. The highest BCUT2D eigenvalue weighted by Gasteiger charge is 2.43. The minimum Gasteiger partial charge on any atom is -0.490 e. The fourth-order valence-electron chi connectivity index (χ4n) is 4.53. The predicted molar refractivity (Wildman–Crippen MR) is 117 cm³/mol. The number of esters is 1. The molecule has 1 spiro atoms. The van der Waals surface area contributed by atoms with E-state index in [-0.39, 0.29) is 18.5 Å². The van der Waals surface area contributed by atoms with Gasteiger partial charge in [0.25, 0.3) is 5.91 Å². The number of nitrogens with zero attached hydrogens (tertiary/aromatic N) is 2. The van der Waals surface area contributed by atoms with Crippen LogP contribution in [0.5, 0.6) is 5.75 Å². The van der Waals surface area contributed by atoms with Crippen LogP contribution in [0.4, 0.5) is 5.82 Å². The molecule has 2 aliphatic heterocycles. The first-order valence-corrected chi connectivity index (χ1v) is 11.0. The number of nitrogen functional groups attached to an aromatic ring is 1. The van der Waals surface area contributed by atoms with Gasteiger partial charge in [-0.1, -0.05) is 24.6 Å². The van der Waals surface area contributed by atoms with E-state index in [4.69, 9.17) is 15.2 Å². The molecule has 0 atom stereocenters. The van der Waals surface area contributed by atoms with Gasteiger partial charge in [0.05, 0.1) is 5.41 Å². The second-order valence-electron chi connectivity index (χ2n) is 8.34. The van der Waals surface area contributed by atoms with Crippen LogP contribution < -0.4 is 10.5 Å². The standard InChI is InChI=1S/C24H29N3O4/c25-21-17-19(8-12-26-21)22(28)27-13-10-24(11-14-27)9-4-3-6-18-5-1-2-7-20(18)30-15-16-31-23(24)29/h1-2,5,7-8,12,17H,3-4,6,9-11,13-16H2,(H2,25,26). The van der Waals surface area contributed by atoms with Gasteiger partial charge >= 0.3 is 5.97 Å². The molecule has 4 rings (SSSR count). The molecule has 2 aliphatic rings. The summed E-state index contributed by atoms with van der Waals surface area (Å²) in [4.78, 5) is 31.6. The van der Waals surface area contributed by atoms with E-state index in [1.807, 2.05) is 18.2 Å². The van der Waals surface area contributed by atoms with Crippen LogP contribution in [0.15, 0.2) is 42.6 Å². The van der Waals surface area contributed by atoms with E-state index in [0.29, 0.717) is 43.9 Å². The lowest BCUT2D eigenvalue weighted by atomic mass is 9.74. The monoisotopic (exact) mass is 423 g/mol. The third kappa shape index (κ3) is 4.81. The molecule has 0 aliphatic carbocycles. The van der Waals surface area contributed by atoms with Gasteiger partial charge in [-0.2, -0.15) is 0 Å². The van der Waals surface area contributed by atoms with Crippen molar-refractivity contribution in [2.45, 2.75) is 38.5 Å². The molecule has 1 fully saturated rings. The predicted octanol–water partition coefficient (Wildman–Crippen LogP) is 3.23. The van der Waals surface area contributed by atoms with Crippen LogP contribution in [0, 0.1) is 5.41 Å². The number of cyclic esters (lactones) is 1. The van der Waals surface area contributed by atoms with E-state index in [0.717, 1.165) is 31.4 Å². The van der Waals surface area contributed by atoms with Crippen LogP contribution in [0.1, 0.15) is 48.0 Å². The fourth-order valence-corrected chi connectivity index (χ4v) is 4.53. The third-order valence-electron chi connectivity index (χ3n) is 6.37. The zero-order chi connectivity index (χ0) is 21.7. The zero-order valence-corrected chi connectivity index (χ0v) is 17.7. The number of hydrogen-bond acceptors (Lipinski definition) is 6. The molecular formula is C24H29N3O4. The number of hydrogen-bond donors (Lipinski definition) is 1. The Labute approximate surface area is 182 Å². The molecule has 2 N–H and O–H groups in total. The summed E-state index contributed by atoms with van der Waals surface area (Å²) in [7, 11) is 0. The molecule has 164 valence electrons. The van der Waals surface area contributed by atoms with Crippen LogP contribution in [-0.4, -0.2) is 48.1 Å². The molecule has 7 nitrogen and oxygen atoms in total. The number of aryl methyl sites for hydroxylation is 1. The molecule has 1 saturated heterocycles. The van der Waals surface area contributed by atoms with Crippen molar-refractivity contribution in [2.75, 3.05) is 32.0 Å². The topological polar surface area (TPSA) is 94.8 Å². The number of anilines is 1. The molecule has 0 unspecified atom stereocenters. The molecular weight excluding hydrogens is 394 g/mol. The Kier molecular flexibility index (Phi) is 6.39. The van der Waals surface area contributed by atoms with Crippen molar-refractivity contribution >= 4 is 17.7 Å². The second kappa shape index (κ2) is 9.37. The number of benzene rings is 1. The number of amides is 1. The highest BCUT2D eigenvalue weighted by Crippen LogP contribution is 2.39. The van der Waals surface area contributed by atoms with Crippen molar-refractivity contribution in [2.24, 2.45) is 5.41 Å². The van der Waals surface area contributed by atoms with E-state index >= 15 is 0 Å². The maximum atomic E-state index is 13.0. The number of nitrogens with two attached hydrogens (primary N) is 1. The van der Waals surface area contributed by atoms with Gasteiger partial charge in [-0.05, 0) is 55.9 Å². The summed E-state index contributed by atoms with van der Waals surface area (Å²) in [5.41, 5.74) is 6.90. The Morgan fingerprint density at radius 1 is 1.03 bits per heavy atom. The highest BCUT2D eigenvalue weighted by molar-refractivity contribution is 5.95. The minimum absolute atomic E-state index is 0.0736. The first-order valence-electron chi connectivity index (χ1n) is 11.0. The molecule has 1 amide bonds. The van der Waals surface area contributed by atoms with Crippen LogP contribution in [-0.2, 0) is 16.0 Å². The Morgan fingerprint density at radius 3 is 2.61 bits per heavy atom. The highest BCUT2D eigenvalue weighted by atomic mass is 16.6. The van der Waals surface area contributed by atoms with E-state index in [1.54, 1.807) is 23.2 Å². The Bertz CT molecular complexity index is 938. The van der Waals surface area contributed by atoms with Crippen molar-refractivity contribution in [3.63, 3.8) is 0 Å². The third-order valence-corrected chi connectivity index (χ3v) is 6.37. The summed E-state index contributed by atoms with van der Waals surface area (Å²) in [6.45, 7) is 1.62. The van der Waals surface area contributed by atoms with Gasteiger partial charge in [0.2, 0.25) is 0 Å². The molecule has 2 aromatic rings. The average molecular weight is 424 g/mol. The number of aromatic nitrogens is 1. The maximum absolute atomic E-state index is 13.0. The molecule has 3 heterocycles. The van der Waals surface area contributed by atoms with E-state index in [9.17, 15) is 9.59 Å². The van der Waals surface area contributed by atoms with Crippen molar-refractivity contribution in [1.29, 1.82) is 0 Å². The number of carbonyl (C=O) groups excluding carboxylic acids is 2. The first kappa shape index (κ1) is 21.2. The number of fused-ring (bicyclic) bond motifs is 1. The lowest BCUT2D eigenvalue weighted by Gasteiger charge is -2.40. The summed E-state index contributed by atoms with van der Waals surface area (Å²) in [5.74, 6) is 0.962. The lowest BCUT2D eigenvalue weighted by molar-refractivity contribution is -0.160. The van der Waals surface area contributed by atoms with Crippen LogP contribution in [0.25, 0.3) is 0 Å². The quantitative estimate of drug-likeness (QED) is 0.708. The van der Waals surface area contributed by atoms with Crippen molar-refractivity contribution in [3.8, 4) is 5.75 Å². The van der Waals surface area contributed by atoms with Crippen molar-refractivity contribution in [1.82, 2.24) is 9.88 Å². The maximum Gasteiger partial charge on any atom is 0.312 e. The number of piperidine rings is 1. The molecule has 0 radical (unpaired) electrons. The summed E-state index contributed by atoms with van der Waals surface area (Å²) in [6.07, 6.45) is 6.37. The number of rotatable bonds is 1. The molecule has 31 heavy (non-hydrogen) atoms. The van der Waals surface area contributed by atoms with Gasteiger partial charge in [-0.25, -0.2) is 4.98 Å². The summed E-state index contributed by atoms with van der Waals surface area (Å²) >= 11 is 0. The number of carbonyl (C=O) groups is 2. The normalized spacial score (nSPS) is 19.4. The molecule has 7 heteroatoms. The summed E-state index contributed by atoms with van der Waals surface area (Å²) in [5, 5.41) is 0. The first-order chi connectivity index (χ1) is 15.1. The molecule has 0 saturated carbocycles. The van der Waals surface area contributed by atoms with Gasteiger partial charge in [0.1, 0.15) is 24.8 Å². The van der Waals surface area contributed by atoms with E-state index < -0.39 is 5.41 Å². The van der Waals surface area contributed by atoms with Crippen LogP contribution in [0.3, 0.4) is 0 Å². The van der Waals surface area contributed by atoms with Gasteiger partial charge in [0, 0.05) is 24.8 Å². The van der Waals surface area contributed by atoms with Gasteiger partial charge in [0.15, 0.2) is 0 Å². The summed E-state index contributed by atoms with van der Waals surface area (Å²) in [6, 6.07) is 11.3. The SMILES string of the molecule is Nc1cc(C(=O)N2CCC3(CCCCc4ccccc4OCCOC3=O)CC2)ccn1. The molecule has 1 aromatic heterocycles. The average Bonchev–Trinajstić information content (AvgIpc) is 2.79. The molecule has 1 aromatic carbocycles. The zero-order valence-electron chi connectivity index (χ0n) is 17.7. The van der Waals surface area contributed by atoms with Crippen molar-refractivity contribution in [3.05, 3.63) is 53.7 Å². The van der Waals surface area contributed by atoms with Crippen LogP contribution >= 0.6 is 0 Å². The number of ether oxygens (including phenoxy) is 2. The van der Waals surface area contributed by atoms with Crippen molar-refractivity contribution < 1.29 is 19.1 Å².